The Morgan fingerprint density at radius 3 is 1.02 bits per heavy atom. The predicted molar refractivity (Wildman–Crippen MR) is 214 cm³/mol. The summed E-state index contributed by atoms with van der Waals surface area (Å²) in [6.45, 7) is 6.32. The van der Waals surface area contributed by atoms with Crippen molar-refractivity contribution in [2.24, 2.45) is 0 Å². The lowest BCUT2D eigenvalue weighted by Crippen LogP contribution is -2.12. The van der Waals surface area contributed by atoms with Gasteiger partial charge in [0.1, 0.15) is 11.6 Å². The average Bonchev–Trinajstić information content (AvgIpc) is 3.16. The van der Waals surface area contributed by atoms with Crippen LogP contribution in [0.25, 0.3) is 0 Å². The minimum Gasteiger partial charge on any atom is -0.326 e. The zero-order chi connectivity index (χ0) is 39.9. The molecule has 0 aromatic heterocycles. The van der Waals surface area contributed by atoms with Gasteiger partial charge in [0, 0.05) is 71.9 Å². The molecule has 0 unspecified atom stereocenters. The smallest absolute Gasteiger partial charge is 0.255 e. The third kappa shape index (κ3) is 13.3. The number of nitrogens with one attached hydrogen (secondary N) is 3. The van der Waals surface area contributed by atoms with Crippen molar-refractivity contribution in [2.75, 3.05) is 16.0 Å². The van der Waals surface area contributed by atoms with Gasteiger partial charge in [0.2, 0.25) is 5.91 Å². The van der Waals surface area contributed by atoms with Crippen molar-refractivity contribution < 1.29 is 33.6 Å². The first-order valence-electron chi connectivity index (χ1n) is 17.7. The van der Waals surface area contributed by atoms with Gasteiger partial charge in [-0.05, 0) is 91.2 Å². The molecule has 10 heteroatoms. The van der Waals surface area contributed by atoms with Crippen molar-refractivity contribution in [3.05, 3.63) is 160 Å². The molecule has 0 aliphatic rings. The van der Waals surface area contributed by atoms with Crippen LogP contribution in [0.4, 0.5) is 17.1 Å². The van der Waals surface area contributed by atoms with Gasteiger partial charge in [-0.15, -0.1) is 0 Å². The second-order valence-corrected chi connectivity index (χ2v) is 13.0. The van der Waals surface area contributed by atoms with E-state index in [2.05, 4.69) is 16.0 Å². The summed E-state index contributed by atoms with van der Waals surface area (Å²) >= 11 is 0. The molecular formula is C45H43N3O7. The quantitative estimate of drug-likeness (QED) is 0.0973. The molecule has 0 atom stereocenters. The van der Waals surface area contributed by atoms with Crippen molar-refractivity contribution in [1.82, 2.24) is 0 Å². The SMILES string of the molecule is CC(=O)Cc1ccc(NC(=O)c2ccc(C(=O)Cc3ccc(NC(C)=O)cc3)cc2)cc1.CCC(=O)c1ccc(C(=O)Nc2ccc(CC(C)=O)cc2)cc1. The molecule has 0 fully saturated rings. The summed E-state index contributed by atoms with van der Waals surface area (Å²) in [5.41, 5.74) is 6.66. The van der Waals surface area contributed by atoms with E-state index in [1.807, 2.05) is 24.3 Å². The number of rotatable bonds is 14. The molecular weight excluding hydrogens is 695 g/mol. The number of ketones is 4. The Hall–Kier alpha value is -6.81. The molecule has 0 saturated heterocycles. The second kappa shape index (κ2) is 19.9. The molecule has 55 heavy (non-hydrogen) atoms. The monoisotopic (exact) mass is 737 g/mol. The van der Waals surface area contributed by atoms with E-state index in [-0.39, 0.29) is 47.3 Å². The van der Waals surface area contributed by atoms with Crippen LogP contribution >= 0.6 is 0 Å². The summed E-state index contributed by atoms with van der Waals surface area (Å²) in [5, 5.41) is 8.29. The Bertz CT molecular complexity index is 2060. The van der Waals surface area contributed by atoms with Gasteiger partial charge in [0.25, 0.3) is 11.8 Å². The topological polar surface area (TPSA) is 156 Å². The van der Waals surface area contributed by atoms with Gasteiger partial charge >= 0.3 is 0 Å². The van der Waals surface area contributed by atoms with Crippen LogP contribution in [0.2, 0.25) is 0 Å². The van der Waals surface area contributed by atoms with Gasteiger partial charge < -0.3 is 16.0 Å². The molecule has 5 aromatic carbocycles. The normalized spacial score (nSPS) is 10.3. The Labute approximate surface area is 320 Å². The van der Waals surface area contributed by atoms with Crippen molar-refractivity contribution in [3.63, 3.8) is 0 Å². The van der Waals surface area contributed by atoms with E-state index >= 15 is 0 Å². The fourth-order valence-corrected chi connectivity index (χ4v) is 5.41. The fraction of sp³-hybridized carbons (Fsp3) is 0.178. The maximum atomic E-state index is 12.6. The Kier molecular flexibility index (Phi) is 14.8. The third-order valence-corrected chi connectivity index (χ3v) is 8.23. The van der Waals surface area contributed by atoms with Crippen molar-refractivity contribution >= 4 is 57.9 Å². The van der Waals surface area contributed by atoms with Crippen LogP contribution in [0.1, 0.15) is 92.2 Å². The first-order chi connectivity index (χ1) is 26.3. The van der Waals surface area contributed by atoms with Crippen LogP contribution < -0.4 is 16.0 Å². The summed E-state index contributed by atoms with van der Waals surface area (Å²) in [6, 6.07) is 34.5. The standard InChI is InChI=1S/C26H24N2O4.C19H19NO3/c1-17(29)15-19-3-13-24(14-4-19)28-26(32)22-9-7-21(8-10-22)25(31)16-20-5-11-23(12-6-20)27-18(2)30;1-3-18(22)15-6-8-16(9-7-15)19(23)20-17-10-4-14(5-11-17)12-13(2)21/h3-14H,15-16H2,1-2H3,(H,27,30)(H,28,32);4-11H,3,12H2,1-2H3,(H,20,23). The molecule has 0 aliphatic heterocycles. The number of benzene rings is 5. The van der Waals surface area contributed by atoms with Gasteiger partial charge in [-0.1, -0.05) is 67.6 Å². The molecule has 5 aromatic rings. The lowest BCUT2D eigenvalue weighted by molar-refractivity contribution is -0.117. The van der Waals surface area contributed by atoms with Crippen LogP contribution in [0.5, 0.6) is 0 Å². The van der Waals surface area contributed by atoms with Gasteiger partial charge in [-0.3, -0.25) is 33.6 Å². The van der Waals surface area contributed by atoms with E-state index in [1.165, 1.54) is 13.8 Å². The van der Waals surface area contributed by atoms with Crippen molar-refractivity contribution in [2.45, 2.75) is 53.4 Å². The molecule has 0 spiro atoms. The maximum Gasteiger partial charge on any atom is 0.255 e. The van der Waals surface area contributed by atoms with Crippen LogP contribution in [-0.2, 0) is 33.6 Å². The predicted octanol–water partition coefficient (Wildman–Crippen LogP) is 8.12. The van der Waals surface area contributed by atoms with E-state index < -0.39 is 0 Å². The number of anilines is 3. The van der Waals surface area contributed by atoms with E-state index in [0.717, 1.165) is 16.7 Å². The van der Waals surface area contributed by atoms with Crippen LogP contribution in [0.3, 0.4) is 0 Å². The summed E-state index contributed by atoms with van der Waals surface area (Å²) in [7, 11) is 0. The highest BCUT2D eigenvalue weighted by molar-refractivity contribution is 6.06. The number of Topliss-reactive ketones (excluding diaryl/α,β-unsaturated/α-hetero) is 4. The first kappa shape index (κ1) is 41.0. The lowest BCUT2D eigenvalue weighted by atomic mass is 10.0. The van der Waals surface area contributed by atoms with Gasteiger partial charge in [-0.2, -0.15) is 0 Å². The zero-order valence-electron chi connectivity index (χ0n) is 31.2. The van der Waals surface area contributed by atoms with E-state index in [4.69, 9.17) is 0 Å². The molecule has 10 nitrogen and oxygen atoms in total. The van der Waals surface area contributed by atoms with Crippen molar-refractivity contribution in [3.8, 4) is 0 Å². The zero-order valence-corrected chi connectivity index (χ0v) is 31.2. The largest absolute Gasteiger partial charge is 0.326 e. The van der Waals surface area contributed by atoms with Crippen LogP contribution in [0.15, 0.2) is 121 Å². The third-order valence-electron chi connectivity index (χ3n) is 8.23. The molecule has 3 amide bonds. The Morgan fingerprint density at radius 2 is 0.691 bits per heavy atom. The fourth-order valence-electron chi connectivity index (χ4n) is 5.41. The molecule has 0 bridgehead atoms. The average molecular weight is 738 g/mol. The molecule has 5 rings (SSSR count). The number of carbonyl (C=O) groups is 7. The van der Waals surface area contributed by atoms with Gasteiger partial charge in [0.05, 0.1) is 0 Å². The molecule has 0 saturated carbocycles. The molecule has 0 aliphatic carbocycles. The highest BCUT2D eigenvalue weighted by Gasteiger charge is 2.12. The first-order valence-corrected chi connectivity index (χ1v) is 17.7. The molecule has 3 N–H and O–H groups in total. The highest BCUT2D eigenvalue weighted by atomic mass is 16.2. The summed E-state index contributed by atoms with van der Waals surface area (Å²) in [4.78, 5) is 82.1. The van der Waals surface area contributed by atoms with E-state index in [1.54, 1.807) is 111 Å². The van der Waals surface area contributed by atoms with Crippen molar-refractivity contribution in [1.29, 1.82) is 0 Å². The molecule has 280 valence electrons. The number of carbonyl (C=O) groups excluding carboxylic acids is 7. The van der Waals surface area contributed by atoms with Crippen LogP contribution in [-0.4, -0.2) is 40.9 Å². The summed E-state index contributed by atoms with van der Waals surface area (Å²) < 4.78 is 0. The summed E-state index contributed by atoms with van der Waals surface area (Å²) in [5.74, 6) is -0.495. The summed E-state index contributed by atoms with van der Waals surface area (Å²) in [6.07, 6.45) is 1.42. The van der Waals surface area contributed by atoms with E-state index in [0.29, 0.717) is 58.6 Å². The number of hydrogen-bond donors (Lipinski definition) is 3. The Balaban J connectivity index is 0.000000258. The molecule has 0 radical (unpaired) electrons. The number of amides is 3. The number of hydrogen-bond acceptors (Lipinski definition) is 7. The minimum atomic E-state index is -0.281. The Morgan fingerprint density at radius 1 is 0.382 bits per heavy atom. The highest BCUT2D eigenvalue weighted by Crippen LogP contribution is 2.17. The minimum absolute atomic E-state index is 0.0537. The van der Waals surface area contributed by atoms with E-state index in [9.17, 15) is 33.6 Å². The maximum absolute atomic E-state index is 12.6. The molecule has 0 heterocycles. The van der Waals surface area contributed by atoms with Crippen LogP contribution in [0, 0.1) is 0 Å². The van der Waals surface area contributed by atoms with Gasteiger partial charge in [-0.25, -0.2) is 0 Å². The second-order valence-electron chi connectivity index (χ2n) is 13.0. The van der Waals surface area contributed by atoms with Gasteiger partial charge in [0.15, 0.2) is 11.6 Å². The lowest BCUT2D eigenvalue weighted by Gasteiger charge is -2.08.